The van der Waals surface area contributed by atoms with Crippen molar-refractivity contribution >= 4 is 45.6 Å². The van der Waals surface area contributed by atoms with Gasteiger partial charge in [0.15, 0.2) is 0 Å². The monoisotopic (exact) mass is 617 g/mol. The molecule has 0 saturated carbocycles. The lowest BCUT2D eigenvalue weighted by molar-refractivity contribution is 0.0866. The molecular formula is C33H34Cl2FN7. The van der Waals surface area contributed by atoms with Crippen LogP contribution in [0.5, 0.6) is 0 Å². The summed E-state index contributed by atoms with van der Waals surface area (Å²) < 4.78 is 15.8. The Morgan fingerprint density at radius 2 is 1.74 bits per heavy atom. The van der Waals surface area contributed by atoms with Gasteiger partial charge in [-0.15, -0.1) is 5.10 Å². The number of halogens is 3. The highest BCUT2D eigenvalue weighted by Gasteiger charge is 2.29. The van der Waals surface area contributed by atoms with Crippen LogP contribution in [-0.4, -0.2) is 48.5 Å². The summed E-state index contributed by atoms with van der Waals surface area (Å²) in [4.78, 5) is 11.5. The maximum absolute atomic E-state index is 13.7. The number of nitrogens with zero attached hydrogens (tertiary/aromatic N) is 6. The van der Waals surface area contributed by atoms with Gasteiger partial charge in [0.1, 0.15) is 18.0 Å². The van der Waals surface area contributed by atoms with Gasteiger partial charge in [-0.05, 0) is 93.6 Å². The first-order valence-electron chi connectivity index (χ1n) is 14.5. The number of rotatable bonds is 7. The molecule has 1 N–H and O–H groups in total. The standard InChI is InChI=1S/C33H34Cl2FN7/c1-33(2,3)42-14-12-25(13-15-42)43-19-31(40-41-43)26(22-5-7-23(34)8-6-22)16-21-4-11-30-27(17-21)32(38-20-37-30)39-24-9-10-29(36)28(35)18-24/h4-11,17-20,25-26H,12-16H2,1-3H3,(H,37,38,39)/t26-/m0/s1. The summed E-state index contributed by atoms with van der Waals surface area (Å²) in [7, 11) is 0. The van der Waals surface area contributed by atoms with E-state index in [1.807, 2.05) is 18.2 Å². The molecule has 3 heterocycles. The van der Waals surface area contributed by atoms with Gasteiger partial charge in [0.2, 0.25) is 0 Å². The molecule has 3 aromatic carbocycles. The van der Waals surface area contributed by atoms with Gasteiger partial charge >= 0.3 is 0 Å². The number of nitrogens with one attached hydrogen (secondary N) is 1. The van der Waals surface area contributed by atoms with Gasteiger partial charge in [0, 0.05) is 46.8 Å². The van der Waals surface area contributed by atoms with E-state index >= 15 is 0 Å². The first-order chi connectivity index (χ1) is 20.6. The molecule has 0 amide bonds. The zero-order valence-electron chi connectivity index (χ0n) is 24.4. The van der Waals surface area contributed by atoms with Gasteiger partial charge in [-0.1, -0.05) is 46.6 Å². The number of piperidine rings is 1. The molecule has 1 fully saturated rings. The van der Waals surface area contributed by atoms with Crippen molar-refractivity contribution < 1.29 is 4.39 Å². The second-order valence-corrected chi connectivity index (χ2v) is 13.0. The van der Waals surface area contributed by atoms with Crippen LogP contribution in [0.4, 0.5) is 15.9 Å². The molecule has 0 unspecified atom stereocenters. The van der Waals surface area contributed by atoms with E-state index in [1.165, 1.54) is 12.4 Å². The highest BCUT2D eigenvalue weighted by Crippen LogP contribution is 2.33. The van der Waals surface area contributed by atoms with Crippen molar-refractivity contribution in [3.63, 3.8) is 0 Å². The summed E-state index contributed by atoms with van der Waals surface area (Å²) in [6.07, 6.45) is 6.41. The van der Waals surface area contributed by atoms with E-state index in [0.717, 1.165) is 53.7 Å². The number of hydrogen-bond donors (Lipinski definition) is 1. The van der Waals surface area contributed by atoms with Gasteiger partial charge in [0.05, 0.1) is 22.3 Å². The largest absolute Gasteiger partial charge is 0.340 e. The Bertz CT molecular complexity index is 1720. The van der Waals surface area contributed by atoms with Crippen LogP contribution >= 0.6 is 23.2 Å². The minimum Gasteiger partial charge on any atom is -0.340 e. The number of anilines is 2. The number of fused-ring (bicyclic) bond motifs is 1. The summed E-state index contributed by atoms with van der Waals surface area (Å²) in [5.74, 6) is 0.114. The molecule has 0 aliphatic carbocycles. The van der Waals surface area contributed by atoms with Gasteiger partial charge in [0.25, 0.3) is 0 Å². The van der Waals surface area contributed by atoms with Crippen molar-refractivity contribution in [2.75, 3.05) is 18.4 Å². The molecule has 6 rings (SSSR count). The molecule has 0 bridgehead atoms. The van der Waals surface area contributed by atoms with E-state index in [2.05, 4.69) is 81.3 Å². The second kappa shape index (κ2) is 12.2. The van der Waals surface area contributed by atoms with Crippen LogP contribution in [0, 0.1) is 5.82 Å². The number of hydrogen-bond acceptors (Lipinski definition) is 6. The predicted molar refractivity (Wildman–Crippen MR) is 171 cm³/mol. The Kier molecular flexibility index (Phi) is 8.36. The van der Waals surface area contributed by atoms with Crippen LogP contribution in [0.1, 0.15) is 62.4 Å². The molecule has 0 spiro atoms. The Balaban J connectivity index is 1.29. The van der Waals surface area contributed by atoms with Gasteiger partial charge < -0.3 is 5.32 Å². The first-order valence-corrected chi connectivity index (χ1v) is 15.3. The quantitative estimate of drug-likeness (QED) is 0.198. The predicted octanol–water partition coefficient (Wildman–Crippen LogP) is 8.22. The lowest BCUT2D eigenvalue weighted by Gasteiger charge is -2.40. The normalized spacial score (nSPS) is 15.6. The van der Waals surface area contributed by atoms with E-state index in [-0.39, 0.29) is 16.5 Å². The molecule has 43 heavy (non-hydrogen) atoms. The molecule has 10 heteroatoms. The van der Waals surface area contributed by atoms with E-state index in [9.17, 15) is 4.39 Å². The Hall–Kier alpha value is -3.59. The third kappa shape index (κ3) is 6.66. The average Bonchev–Trinajstić information content (AvgIpc) is 3.48. The Labute approximate surface area is 261 Å². The van der Waals surface area contributed by atoms with Crippen molar-refractivity contribution in [3.05, 3.63) is 106 Å². The van der Waals surface area contributed by atoms with Crippen molar-refractivity contribution in [3.8, 4) is 0 Å². The molecule has 5 aromatic rings. The number of likely N-dealkylation sites (tertiary alicyclic amines) is 1. The number of benzene rings is 3. The minimum atomic E-state index is -0.470. The first kappa shape index (κ1) is 29.5. The Morgan fingerprint density at radius 3 is 2.47 bits per heavy atom. The summed E-state index contributed by atoms with van der Waals surface area (Å²) in [6, 6.07) is 19.0. The average molecular weight is 619 g/mol. The molecule has 1 aliphatic heterocycles. The van der Waals surface area contributed by atoms with Crippen molar-refractivity contribution in [2.45, 2.75) is 57.5 Å². The smallest absolute Gasteiger partial charge is 0.141 e. The third-order valence-electron chi connectivity index (χ3n) is 8.27. The van der Waals surface area contributed by atoms with Crippen molar-refractivity contribution in [1.29, 1.82) is 0 Å². The topological polar surface area (TPSA) is 71.8 Å². The summed E-state index contributed by atoms with van der Waals surface area (Å²) in [5, 5.41) is 14.2. The van der Waals surface area contributed by atoms with Crippen LogP contribution in [-0.2, 0) is 6.42 Å². The van der Waals surface area contributed by atoms with Crippen LogP contribution in [0.25, 0.3) is 10.9 Å². The fourth-order valence-electron chi connectivity index (χ4n) is 5.79. The SMILES string of the molecule is CC(C)(C)N1CCC(n2cc([C@@H](Cc3ccc4ncnc(Nc5ccc(F)c(Cl)c5)c4c3)c3ccc(Cl)cc3)nn2)CC1. The van der Waals surface area contributed by atoms with Crippen LogP contribution < -0.4 is 5.32 Å². The lowest BCUT2D eigenvalue weighted by Crippen LogP contribution is -2.46. The third-order valence-corrected chi connectivity index (χ3v) is 8.81. The highest BCUT2D eigenvalue weighted by molar-refractivity contribution is 6.31. The van der Waals surface area contributed by atoms with E-state index in [4.69, 9.17) is 28.3 Å². The molecule has 222 valence electrons. The molecule has 1 aliphatic rings. The van der Waals surface area contributed by atoms with Crippen LogP contribution in [0.15, 0.2) is 73.2 Å². The van der Waals surface area contributed by atoms with Gasteiger partial charge in [-0.2, -0.15) is 0 Å². The van der Waals surface area contributed by atoms with Crippen LogP contribution in [0.3, 0.4) is 0 Å². The summed E-state index contributed by atoms with van der Waals surface area (Å²) in [5.41, 5.74) is 4.73. The fourth-order valence-corrected chi connectivity index (χ4v) is 6.10. The molecule has 1 atom stereocenters. The van der Waals surface area contributed by atoms with Gasteiger partial charge in [-0.25, -0.2) is 19.0 Å². The molecule has 2 aromatic heterocycles. The van der Waals surface area contributed by atoms with E-state index in [0.29, 0.717) is 29.0 Å². The number of aromatic nitrogens is 5. The van der Waals surface area contributed by atoms with Crippen LogP contribution in [0.2, 0.25) is 10.0 Å². The maximum Gasteiger partial charge on any atom is 0.141 e. The van der Waals surface area contributed by atoms with Crippen molar-refractivity contribution in [2.24, 2.45) is 0 Å². The highest BCUT2D eigenvalue weighted by atomic mass is 35.5. The van der Waals surface area contributed by atoms with Crippen molar-refractivity contribution in [1.82, 2.24) is 29.9 Å². The molecule has 0 radical (unpaired) electrons. The zero-order chi connectivity index (χ0) is 30.1. The Morgan fingerprint density at radius 1 is 0.977 bits per heavy atom. The molecular weight excluding hydrogens is 584 g/mol. The van der Waals surface area contributed by atoms with Gasteiger partial charge in [-0.3, -0.25) is 4.90 Å². The van der Waals surface area contributed by atoms with E-state index < -0.39 is 5.82 Å². The maximum atomic E-state index is 13.7. The van der Waals surface area contributed by atoms with E-state index in [1.54, 1.807) is 12.1 Å². The molecule has 7 nitrogen and oxygen atoms in total. The molecule has 1 saturated heterocycles. The zero-order valence-corrected chi connectivity index (χ0v) is 25.9. The second-order valence-electron chi connectivity index (χ2n) is 12.1. The summed E-state index contributed by atoms with van der Waals surface area (Å²) >= 11 is 12.3. The minimum absolute atomic E-state index is 0.0323. The fraction of sp³-hybridized carbons (Fsp3) is 0.333. The summed E-state index contributed by atoms with van der Waals surface area (Å²) in [6.45, 7) is 8.91. The lowest BCUT2D eigenvalue weighted by atomic mass is 9.89.